The summed E-state index contributed by atoms with van der Waals surface area (Å²) in [6, 6.07) is 6.98. The number of aliphatic hydroxyl groups excluding tert-OH is 1. The van der Waals surface area contributed by atoms with Crippen LogP contribution in [-0.2, 0) is 20.9 Å². The van der Waals surface area contributed by atoms with Crippen molar-refractivity contribution in [2.45, 2.75) is 19.9 Å². The summed E-state index contributed by atoms with van der Waals surface area (Å²) in [7, 11) is 0. The molecular weight excluding hydrogens is 246 g/mol. The molecule has 0 fully saturated rings. The molecule has 0 saturated carbocycles. The first kappa shape index (κ1) is 13.8. The standard InChI is InChI=1S/C11H14ClNO4/c1-8(14)16-6-9-4-2-3-5-10(9)13-11(15)17-7-12/h2-5,11,13,15H,6-7H2,1H3. The molecule has 2 N–H and O–H groups in total. The van der Waals surface area contributed by atoms with E-state index in [0.29, 0.717) is 5.69 Å². The molecule has 94 valence electrons. The van der Waals surface area contributed by atoms with Gasteiger partial charge < -0.3 is 19.9 Å². The summed E-state index contributed by atoms with van der Waals surface area (Å²) in [5.41, 5.74) is 1.35. The predicted molar refractivity (Wildman–Crippen MR) is 63.3 cm³/mol. The lowest BCUT2D eigenvalue weighted by Gasteiger charge is -2.16. The number of hydrogen-bond acceptors (Lipinski definition) is 5. The van der Waals surface area contributed by atoms with E-state index in [1.54, 1.807) is 24.3 Å². The van der Waals surface area contributed by atoms with Crippen LogP contribution in [0.2, 0.25) is 0 Å². The molecule has 0 bridgehead atoms. The normalized spacial score (nSPS) is 11.9. The Labute approximate surface area is 104 Å². The van der Waals surface area contributed by atoms with Crippen LogP contribution in [-0.4, -0.2) is 23.6 Å². The van der Waals surface area contributed by atoms with Gasteiger partial charge in [0.2, 0.25) is 6.41 Å². The van der Waals surface area contributed by atoms with Crippen molar-refractivity contribution >= 4 is 23.3 Å². The van der Waals surface area contributed by atoms with Gasteiger partial charge in [-0.2, -0.15) is 0 Å². The van der Waals surface area contributed by atoms with E-state index in [1.165, 1.54) is 6.92 Å². The van der Waals surface area contributed by atoms with E-state index >= 15 is 0 Å². The molecule has 6 heteroatoms. The molecule has 0 spiro atoms. The van der Waals surface area contributed by atoms with Crippen LogP contribution in [0.3, 0.4) is 0 Å². The SMILES string of the molecule is CC(=O)OCc1ccccc1NC(O)OCCl. The number of esters is 1. The molecule has 1 rings (SSSR count). The Hall–Kier alpha value is -1.30. The Morgan fingerprint density at radius 1 is 1.53 bits per heavy atom. The number of halogens is 1. The van der Waals surface area contributed by atoms with Gasteiger partial charge in [0.1, 0.15) is 12.7 Å². The number of anilines is 1. The molecule has 0 saturated heterocycles. The van der Waals surface area contributed by atoms with Crippen molar-refractivity contribution in [1.82, 2.24) is 0 Å². The van der Waals surface area contributed by atoms with Gasteiger partial charge in [-0.05, 0) is 6.07 Å². The second-order valence-electron chi connectivity index (χ2n) is 3.21. The number of para-hydroxylation sites is 1. The summed E-state index contributed by atoms with van der Waals surface area (Å²) in [6.07, 6.45) is -1.20. The lowest BCUT2D eigenvalue weighted by atomic mass is 10.2. The maximum absolute atomic E-state index is 10.7. The zero-order valence-electron chi connectivity index (χ0n) is 9.35. The molecule has 5 nitrogen and oxygen atoms in total. The highest BCUT2D eigenvalue weighted by Gasteiger charge is 2.07. The first-order valence-electron chi connectivity index (χ1n) is 4.97. The highest BCUT2D eigenvalue weighted by atomic mass is 35.5. The van der Waals surface area contributed by atoms with Crippen molar-refractivity contribution in [2.75, 3.05) is 11.4 Å². The molecule has 0 heterocycles. The second kappa shape index (κ2) is 7.11. The van der Waals surface area contributed by atoms with Crippen LogP contribution in [0.15, 0.2) is 24.3 Å². The molecule has 0 amide bonds. The smallest absolute Gasteiger partial charge is 0.302 e. The molecule has 0 aromatic heterocycles. The fourth-order valence-corrected chi connectivity index (χ4v) is 1.32. The lowest BCUT2D eigenvalue weighted by molar-refractivity contribution is -0.142. The predicted octanol–water partition coefficient (Wildman–Crippen LogP) is 1.65. The number of carbonyl (C=O) groups excluding carboxylic acids is 1. The molecule has 1 unspecified atom stereocenters. The molecule has 17 heavy (non-hydrogen) atoms. The molecule has 0 aliphatic carbocycles. The quantitative estimate of drug-likeness (QED) is 0.462. The number of rotatable bonds is 6. The molecular formula is C11H14ClNO4. The van der Waals surface area contributed by atoms with E-state index in [9.17, 15) is 9.90 Å². The van der Waals surface area contributed by atoms with Gasteiger partial charge in [0.05, 0.1) is 0 Å². The molecule has 0 radical (unpaired) electrons. The third-order valence-corrected chi connectivity index (χ3v) is 2.07. The highest BCUT2D eigenvalue weighted by molar-refractivity contribution is 6.17. The second-order valence-corrected chi connectivity index (χ2v) is 3.43. The Morgan fingerprint density at radius 2 is 2.24 bits per heavy atom. The highest BCUT2D eigenvalue weighted by Crippen LogP contribution is 2.17. The van der Waals surface area contributed by atoms with Crippen LogP contribution in [0.25, 0.3) is 0 Å². The average molecular weight is 260 g/mol. The molecule has 1 aromatic carbocycles. The van der Waals surface area contributed by atoms with E-state index < -0.39 is 6.41 Å². The third-order valence-electron chi connectivity index (χ3n) is 1.95. The summed E-state index contributed by atoms with van der Waals surface area (Å²) in [6.45, 7) is 1.47. The number of aliphatic hydroxyl groups is 1. The van der Waals surface area contributed by atoms with Crippen molar-refractivity contribution < 1.29 is 19.4 Å². The van der Waals surface area contributed by atoms with Crippen molar-refractivity contribution in [1.29, 1.82) is 0 Å². The van der Waals surface area contributed by atoms with Crippen LogP contribution in [0, 0.1) is 0 Å². The minimum atomic E-state index is -1.20. The number of nitrogens with one attached hydrogen (secondary N) is 1. The maximum Gasteiger partial charge on any atom is 0.302 e. The van der Waals surface area contributed by atoms with Gasteiger partial charge in [0.15, 0.2) is 0 Å². The van der Waals surface area contributed by atoms with Gasteiger partial charge in [-0.25, -0.2) is 0 Å². The Kier molecular flexibility index (Phi) is 5.76. The number of benzene rings is 1. The topological polar surface area (TPSA) is 67.8 Å². The third kappa shape index (κ3) is 5.04. The minimum absolute atomic E-state index is 0.125. The first-order valence-corrected chi connectivity index (χ1v) is 5.50. The van der Waals surface area contributed by atoms with E-state index in [1.807, 2.05) is 0 Å². The fraction of sp³-hybridized carbons (Fsp3) is 0.364. The van der Waals surface area contributed by atoms with E-state index in [4.69, 9.17) is 21.1 Å². The number of hydrogen-bond donors (Lipinski definition) is 2. The molecule has 1 atom stereocenters. The minimum Gasteiger partial charge on any atom is -0.461 e. The number of carbonyl (C=O) groups is 1. The summed E-state index contributed by atoms with van der Waals surface area (Å²) in [5.74, 6) is -0.364. The van der Waals surface area contributed by atoms with Gasteiger partial charge in [0, 0.05) is 18.2 Å². The molecule has 1 aromatic rings. The summed E-state index contributed by atoms with van der Waals surface area (Å²) < 4.78 is 9.61. The van der Waals surface area contributed by atoms with Gasteiger partial charge in [0.25, 0.3) is 0 Å². The first-order chi connectivity index (χ1) is 8.13. The van der Waals surface area contributed by atoms with Gasteiger partial charge in [-0.3, -0.25) is 4.79 Å². The fourth-order valence-electron chi connectivity index (χ4n) is 1.20. The largest absolute Gasteiger partial charge is 0.461 e. The summed E-state index contributed by atoms with van der Waals surface area (Å²) >= 11 is 5.31. The maximum atomic E-state index is 10.7. The van der Waals surface area contributed by atoms with Gasteiger partial charge in [-0.15, -0.1) is 0 Å². The van der Waals surface area contributed by atoms with Crippen molar-refractivity contribution in [3.05, 3.63) is 29.8 Å². The van der Waals surface area contributed by atoms with E-state index in [2.05, 4.69) is 5.32 Å². The summed E-state index contributed by atoms with van der Waals surface area (Å²) in [4.78, 5) is 10.7. The molecule has 0 aliphatic heterocycles. The Morgan fingerprint density at radius 3 is 2.88 bits per heavy atom. The monoisotopic (exact) mass is 259 g/mol. The Bertz CT molecular complexity index is 372. The zero-order valence-corrected chi connectivity index (χ0v) is 10.1. The van der Waals surface area contributed by atoms with Gasteiger partial charge >= 0.3 is 5.97 Å². The van der Waals surface area contributed by atoms with Crippen molar-refractivity contribution in [2.24, 2.45) is 0 Å². The van der Waals surface area contributed by atoms with Gasteiger partial charge in [-0.1, -0.05) is 29.8 Å². The Balaban J connectivity index is 2.66. The molecule has 0 aliphatic rings. The van der Waals surface area contributed by atoms with Crippen LogP contribution in [0.4, 0.5) is 5.69 Å². The zero-order chi connectivity index (χ0) is 12.7. The van der Waals surface area contributed by atoms with E-state index in [0.717, 1.165) is 5.56 Å². The average Bonchev–Trinajstić information content (AvgIpc) is 2.28. The summed E-state index contributed by atoms with van der Waals surface area (Å²) in [5, 5.41) is 12.1. The number of ether oxygens (including phenoxy) is 2. The van der Waals surface area contributed by atoms with Crippen LogP contribution in [0.5, 0.6) is 0 Å². The van der Waals surface area contributed by atoms with Crippen LogP contribution >= 0.6 is 11.6 Å². The lowest BCUT2D eigenvalue weighted by Crippen LogP contribution is -2.22. The van der Waals surface area contributed by atoms with Crippen LogP contribution < -0.4 is 5.32 Å². The van der Waals surface area contributed by atoms with Crippen molar-refractivity contribution in [3.63, 3.8) is 0 Å². The van der Waals surface area contributed by atoms with Crippen molar-refractivity contribution in [3.8, 4) is 0 Å². The van der Waals surface area contributed by atoms with E-state index in [-0.39, 0.29) is 18.6 Å². The van der Waals surface area contributed by atoms with Crippen LogP contribution in [0.1, 0.15) is 12.5 Å². The number of alkyl halides is 1.